The number of ether oxygens (including phenoxy) is 1. The van der Waals surface area contributed by atoms with E-state index in [0.29, 0.717) is 0 Å². The van der Waals surface area contributed by atoms with Crippen LogP contribution in [-0.4, -0.2) is 30.5 Å². The van der Waals surface area contributed by atoms with Crippen molar-refractivity contribution in [2.45, 2.75) is 51.9 Å². The normalized spacial score (nSPS) is 14.3. The lowest BCUT2D eigenvalue weighted by atomic mass is 10.1. The Balaban J connectivity index is 2.17. The molecule has 1 rings (SSSR count). The quantitative estimate of drug-likeness (QED) is 0.639. The van der Waals surface area contributed by atoms with Gasteiger partial charge >= 0.3 is 0 Å². The molecule has 1 aromatic rings. The molecule has 108 valence electrons. The predicted molar refractivity (Wildman–Crippen MR) is 79.1 cm³/mol. The number of aliphatic hydroxyl groups excluding tert-OH is 1. The third-order valence-corrected chi connectivity index (χ3v) is 3.15. The lowest BCUT2D eigenvalue weighted by Gasteiger charge is -2.20. The molecule has 3 heteroatoms. The van der Waals surface area contributed by atoms with Gasteiger partial charge in [-0.25, -0.2) is 0 Å². The van der Waals surface area contributed by atoms with Gasteiger partial charge in [0.1, 0.15) is 0 Å². The first-order valence-corrected chi connectivity index (χ1v) is 7.28. The summed E-state index contributed by atoms with van der Waals surface area (Å²) >= 11 is 0. The molecular formula is C16H27NO2. The van der Waals surface area contributed by atoms with Crippen LogP contribution in [0.5, 0.6) is 0 Å². The molecule has 0 aliphatic carbocycles. The Morgan fingerprint density at radius 1 is 1.26 bits per heavy atom. The van der Waals surface area contributed by atoms with E-state index < -0.39 is 6.10 Å². The van der Waals surface area contributed by atoms with Gasteiger partial charge in [-0.1, -0.05) is 43.7 Å². The van der Waals surface area contributed by atoms with Crippen molar-refractivity contribution in [3.63, 3.8) is 0 Å². The Morgan fingerprint density at radius 3 is 2.63 bits per heavy atom. The van der Waals surface area contributed by atoms with Crippen molar-refractivity contribution in [1.29, 1.82) is 0 Å². The standard InChI is InChI=1S/C16H27NO2/c1-3-4-12-19-16(14(2)18)10-11-17-13-15-8-6-5-7-9-15/h5-9,14,16-18H,3-4,10-13H2,1-2H3/t14-,16-/m0/s1. The average molecular weight is 265 g/mol. The summed E-state index contributed by atoms with van der Waals surface area (Å²) in [6.45, 7) is 6.40. The number of rotatable bonds is 10. The second-order valence-corrected chi connectivity index (χ2v) is 4.95. The largest absolute Gasteiger partial charge is 0.391 e. The van der Waals surface area contributed by atoms with E-state index in [4.69, 9.17) is 4.74 Å². The summed E-state index contributed by atoms with van der Waals surface area (Å²) in [6.07, 6.45) is 2.55. The van der Waals surface area contributed by atoms with Crippen molar-refractivity contribution < 1.29 is 9.84 Å². The molecule has 0 heterocycles. The monoisotopic (exact) mass is 265 g/mol. The number of hydrogen-bond donors (Lipinski definition) is 2. The summed E-state index contributed by atoms with van der Waals surface area (Å²) in [7, 11) is 0. The first-order chi connectivity index (χ1) is 9.24. The van der Waals surface area contributed by atoms with Gasteiger partial charge in [-0.3, -0.25) is 0 Å². The minimum absolute atomic E-state index is 0.0603. The number of aliphatic hydroxyl groups is 1. The van der Waals surface area contributed by atoms with Gasteiger partial charge in [0, 0.05) is 13.2 Å². The fraction of sp³-hybridized carbons (Fsp3) is 0.625. The van der Waals surface area contributed by atoms with Gasteiger partial charge in [-0.05, 0) is 31.9 Å². The molecule has 0 bridgehead atoms. The summed E-state index contributed by atoms with van der Waals surface area (Å²) < 4.78 is 5.71. The van der Waals surface area contributed by atoms with Crippen LogP contribution in [0.15, 0.2) is 30.3 Å². The Labute approximate surface area is 117 Å². The Hall–Kier alpha value is -0.900. The van der Waals surface area contributed by atoms with E-state index in [1.807, 2.05) is 18.2 Å². The highest BCUT2D eigenvalue weighted by Gasteiger charge is 2.14. The topological polar surface area (TPSA) is 41.5 Å². The van der Waals surface area contributed by atoms with E-state index in [1.165, 1.54) is 5.56 Å². The Bertz CT molecular complexity index is 314. The Kier molecular flexibility index (Phi) is 8.47. The first kappa shape index (κ1) is 16.2. The molecule has 19 heavy (non-hydrogen) atoms. The van der Waals surface area contributed by atoms with E-state index in [9.17, 15) is 5.11 Å². The van der Waals surface area contributed by atoms with E-state index in [1.54, 1.807) is 6.92 Å². The molecule has 0 amide bonds. The van der Waals surface area contributed by atoms with E-state index in [-0.39, 0.29) is 6.10 Å². The van der Waals surface area contributed by atoms with E-state index in [2.05, 4.69) is 24.4 Å². The van der Waals surface area contributed by atoms with Crippen LogP contribution < -0.4 is 5.32 Å². The average Bonchev–Trinajstić information content (AvgIpc) is 2.42. The maximum absolute atomic E-state index is 9.68. The second-order valence-electron chi connectivity index (χ2n) is 4.95. The maximum atomic E-state index is 9.68. The zero-order valence-electron chi connectivity index (χ0n) is 12.1. The predicted octanol–water partition coefficient (Wildman–Crippen LogP) is 2.73. The molecule has 0 fully saturated rings. The summed E-state index contributed by atoms with van der Waals surface area (Å²) in [5.74, 6) is 0. The van der Waals surface area contributed by atoms with Crippen molar-refractivity contribution >= 4 is 0 Å². The minimum atomic E-state index is -0.407. The van der Waals surface area contributed by atoms with Crippen molar-refractivity contribution in [3.05, 3.63) is 35.9 Å². The van der Waals surface area contributed by atoms with Crippen LogP contribution in [-0.2, 0) is 11.3 Å². The molecule has 0 saturated carbocycles. The highest BCUT2D eigenvalue weighted by molar-refractivity contribution is 5.14. The molecule has 0 unspecified atom stereocenters. The van der Waals surface area contributed by atoms with Gasteiger partial charge in [0.2, 0.25) is 0 Å². The summed E-state index contributed by atoms with van der Waals surface area (Å²) in [5.41, 5.74) is 1.28. The van der Waals surface area contributed by atoms with Crippen LogP contribution in [0.25, 0.3) is 0 Å². The molecular weight excluding hydrogens is 238 g/mol. The van der Waals surface area contributed by atoms with E-state index >= 15 is 0 Å². The highest BCUT2D eigenvalue weighted by Crippen LogP contribution is 2.06. The van der Waals surface area contributed by atoms with Crippen molar-refractivity contribution in [2.75, 3.05) is 13.2 Å². The van der Waals surface area contributed by atoms with Gasteiger partial charge in [0.15, 0.2) is 0 Å². The lowest BCUT2D eigenvalue weighted by Crippen LogP contribution is -2.31. The zero-order valence-corrected chi connectivity index (χ0v) is 12.1. The van der Waals surface area contributed by atoms with Gasteiger partial charge in [-0.2, -0.15) is 0 Å². The van der Waals surface area contributed by atoms with Crippen molar-refractivity contribution in [2.24, 2.45) is 0 Å². The number of nitrogens with one attached hydrogen (secondary N) is 1. The maximum Gasteiger partial charge on any atom is 0.0843 e. The fourth-order valence-corrected chi connectivity index (χ4v) is 1.92. The highest BCUT2D eigenvalue weighted by atomic mass is 16.5. The van der Waals surface area contributed by atoms with Gasteiger partial charge < -0.3 is 15.2 Å². The zero-order chi connectivity index (χ0) is 13.9. The van der Waals surface area contributed by atoms with Gasteiger partial charge in [0.25, 0.3) is 0 Å². The molecule has 0 radical (unpaired) electrons. The molecule has 0 aromatic heterocycles. The molecule has 0 aliphatic rings. The van der Waals surface area contributed by atoms with Crippen LogP contribution in [0.4, 0.5) is 0 Å². The fourth-order valence-electron chi connectivity index (χ4n) is 1.92. The lowest BCUT2D eigenvalue weighted by molar-refractivity contribution is -0.0339. The molecule has 1 aromatic carbocycles. The first-order valence-electron chi connectivity index (χ1n) is 7.28. The smallest absolute Gasteiger partial charge is 0.0843 e. The van der Waals surface area contributed by atoms with Crippen molar-refractivity contribution in [3.8, 4) is 0 Å². The van der Waals surface area contributed by atoms with Gasteiger partial charge in [-0.15, -0.1) is 0 Å². The molecule has 0 saturated heterocycles. The third kappa shape index (κ3) is 7.31. The molecule has 3 nitrogen and oxygen atoms in total. The Morgan fingerprint density at radius 2 is 2.00 bits per heavy atom. The van der Waals surface area contributed by atoms with Crippen LogP contribution in [0.2, 0.25) is 0 Å². The van der Waals surface area contributed by atoms with Gasteiger partial charge in [0.05, 0.1) is 12.2 Å². The SMILES string of the molecule is CCCCO[C@@H](CCNCc1ccccc1)[C@H](C)O. The van der Waals surface area contributed by atoms with Crippen molar-refractivity contribution in [1.82, 2.24) is 5.32 Å². The minimum Gasteiger partial charge on any atom is -0.391 e. The summed E-state index contributed by atoms with van der Waals surface area (Å²) in [6, 6.07) is 10.3. The van der Waals surface area contributed by atoms with Crippen LogP contribution in [0.1, 0.15) is 38.7 Å². The van der Waals surface area contributed by atoms with Crippen LogP contribution in [0, 0.1) is 0 Å². The molecule has 2 N–H and O–H groups in total. The molecule has 0 spiro atoms. The van der Waals surface area contributed by atoms with Crippen LogP contribution in [0.3, 0.4) is 0 Å². The summed E-state index contributed by atoms with van der Waals surface area (Å²) in [5, 5.41) is 13.1. The van der Waals surface area contributed by atoms with Crippen LogP contribution >= 0.6 is 0 Å². The second kappa shape index (κ2) is 9.96. The number of benzene rings is 1. The molecule has 2 atom stereocenters. The number of hydrogen-bond acceptors (Lipinski definition) is 3. The number of unbranched alkanes of at least 4 members (excludes halogenated alkanes) is 1. The van der Waals surface area contributed by atoms with E-state index in [0.717, 1.165) is 39.0 Å². The third-order valence-electron chi connectivity index (χ3n) is 3.15. The summed E-state index contributed by atoms with van der Waals surface area (Å²) in [4.78, 5) is 0. The molecule has 0 aliphatic heterocycles.